The largest absolute Gasteiger partial charge is 0.338 e. The third kappa shape index (κ3) is 4.37. The van der Waals surface area contributed by atoms with Crippen LogP contribution >= 0.6 is 0 Å². The van der Waals surface area contributed by atoms with Crippen molar-refractivity contribution in [1.82, 2.24) is 30.0 Å². The first-order valence-corrected chi connectivity index (χ1v) is 12.0. The van der Waals surface area contributed by atoms with Crippen LogP contribution in [0.25, 0.3) is 55.7 Å². The van der Waals surface area contributed by atoms with Gasteiger partial charge >= 0.3 is 0 Å². The molecule has 0 amide bonds. The summed E-state index contributed by atoms with van der Waals surface area (Å²) in [5.41, 5.74) is 13.9. The Hall–Kier alpha value is -4.40. The molecule has 8 heteroatoms. The quantitative estimate of drug-likeness (QED) is 0.284. The van der Waals surface area contributed by atoms with Crippen LogP contribution in [0.1, 0.15) is 11.6 Å². The second-order valence-corrected chi connectivity index (χ2v) is 9.49. The van der Waals surface area contributed by atoms with Gasteiger partial charge in [-0.25, -0.2) is 9.37 Å². The van der Waals surface area contributed by atoms with Gasteiger partial charge in [0, 0.05) is 41.3 Å². The van der Waals surface area contributed by atoms with Crippen molar-refractivity contribution in [3.8, 4) is 33.8 Å². The van der Waals surface area contributed by atoms with E-state index in [1.165, 1.54) is 12.1 Å². The topological polar surface area (TPSA) is 99.5 Å². The van der Waals surface area contributed by atoms with Crippen LogP contribution < -0.4 is 5.73 Å². The molecule has 0 aliphatic heterocycles. The number of hydrogen-bond acceptors (Lipinski definition) is 5. The Balaban J connectivity index is 1.45. The number of hydrogen-bond donors (Lipinski definition) is 3. The van der Waals surface area contributed by atoms with Gasteiger partial charge in [0.2, 0.25) is 0 Å². The highest BCUT2D eigenvalue weighted by Crippen LogP contribution is 2.35. The van der Waals surface area contributed by atoms with Crippen LogP contribution in [0.15, 0.2) is 79.1 Å². The summed E-state index contributed by atoms with van der Waals surface area (Å²) in [5, 5.41) is 9.56. The van der Waals surface area contributed by atoms with Crippen molar-refractivity contribution in [2.24, 2.45) is 5.73 Å². The van der Waals surface area contributed by atoms with Crippen LogP contribution in [0.5, 0.6) is 0 Å². The van der Waals surface area contributed by atoms with Gasteiger partial charge in [-0.3, -0.25) is 10.1 Å². The average molecular weight is 492 g/mol. The Kier molecular flexibility index (Phi) is 5.75. The highest BCUT2D eigenvalue weighted by atomic mass is 19.1. The monoisotopic (exact) mass is 491 g/mol. The number of H-pyrrole nitrogens is 2. The molecule has 2 aromatic carbocycles. The van der Waals surface area contributed by atoms with E-state index in [0.717, 1.165) is 55.6 Å². The van der Waals surface area contributed by atoms with E-state index in [1.54, 1.807) is 12.4 Å². The van der Waals surface area contributed by atoms with E-state index in [1.807, 2.05) is 67.5 Å². The highest BCUT2D eigenvalue weighted by molar-refractivity contribution is 6.00. The Morgan fingerprint density at radius 1 is 0.919 bits per heavy atom. The van der Waals surface area contributed by atoms with Crippen molar-refractivity contribution in [1.29, 1.82) is 0 Å². The molecule has 0 radical (unpaired) electrons. The number of rotatable bonds is 6. The van der Waals surface area contributed by atoms with E-state index in [4.69, 9.17) is 5.73 Å². The van der Waals surface area contributed by atoms with Crippen LogP contribution in [-0.4, -0.2) is 50.7 Å². The highest BCUT2D eigenvalue weighted by Gasteiger charge is 2.17. The van der Waals surface area contributed by atoms with E-state index in [2.05, 4.69) is 31.2 Å². The predicted octanol–water partition coefficient (Wildman–Crippen LogP) is 5.54. The number of pyridine rings is 2. The number of nitrogens with zero attached hydrogens (tertiary/aromatic N) is 4. The summed E-state index contributed by atoms with van der Waals surface area (Å²) in [6.45, 7) is 0.621. The van der Waals surface area contributed by atoms with Gasteiger partial charge in [-0.2, -0.15) is 5.10 Å². The molecule has 184 valence electrons. The maximum absolute atomic E-state index is 14.7. The Morgan fingerprint density at radius 3 is 2.62 bits per heavy atom. The number of likely N-dealkylation sites (N-methyl/N-ethyl adjacent to an activating group) is 1. The molecule has 6 rings (SSSR count). The van der Waals surface area contributed by atoms with Crippen LogP contribution in [0.2, 0.25) is 0 Å². The summed E-state index contributed by atoms with van der Waals surface area (Å²) in [4.78, 5) is 14.4. The molecule has 0 aliphatic carbocycles. The van der Waals surface area contributed by atoms with Crippen LogP contribution in [0, 0.1) is 5.82 Å². The molecule has 0 spiro atoms. The van der Waals surface area contributed by atoms with Crippen molar-refractivity contribution in [3.63, 3.8) is 0 Å². The minimum Gasteiger partial charge on any atom is -0.338 e. The number of aromatic nitrogens is 5. The van der Waals surface area contributed by atoms with E-state index in [9.17, 15) is 4.39 Å². The maximum atomic E-state index is 14.7. The lowest BCUT2D eigenvalue weighted by Gasteiger charge is -2.18. The van der Waals surface area contributed by atoms with Gasteiger partial charge in [0.15, 0.2) is 0 Å². The van der Waals surface area contributed by atoms with Crippen molar-refractivity contribution in [2.75, 3.05) is 20.6 Å². The van der Waals surface area contributed by atoms with Gasteiger partial charge in [-0.1, -0.05) is 12.1 Å². The zero-order valence-corrected chi connectivity index (χ0v) is 20.5. The van der Waals surface area contributed by atoms with Crippen LogP contribution in [0.3, 0.4) is 0 Å². The molecule has 0 bridgehead atoms. The summed E-state index contributed by atoms with van der Waals surface area (Å²) in [6.07, 6.45) is 3.51. The van der Waals surface area contributed by atoms with Gasteiger partial charge in [-0.05, 0) is 85.4 Å². The second kappa shape index (κ2) is 9.24. The number of fused-ring (bicyclic) bond motifs is 2. The Bertz CT molecular complexity index is 1720. The Morgan fingerprint density at radius 2 is 1.81 bits per heavy atom. The third-order valence-electron chi connectivity index (χ3n) is 6.53. The first-order valence-electron chi connectivity index (χ1n) is 12.0. The normalized spacial score (nSPS) is 12.6. The number of benzene rings is 2. The maximum Gasteiger partial charge on any atom is 0.138 e. The molecule has 0 saturated heterocycles. The fourth-order valence-electron chi connectivity index (χ4n) is 4.80. The number of nitrogens with two attached hydrogens (primary N) is 1. The van der Waals surface area contributed by atoms with Crippen molar-refractivity contribution >= 4 is 21.9 Å². The zero-order chi connectivity index (χ0) is 25.5. The molecule has 6 aromatic rings. The molecule has 0 saturated carbocycles. The molecule has 4 aromatic heterocycles. The zero-order valence-electron chi connectivity index (χ0n) is 20.5. The van der Waals surface area contributed by atoms with Gasteiger partial charge in [0.1, 0.15) is 17.2 Å². The third-order valence-corrected chi connectivity index (χ3v) is 6.53. The molecule has 4 heterocycles. The molecular formula is C29H26FN7. The molecule has 37 heavy (non-hydrogen) atoms. The van der Waals surface area contributed by atoms with Gasteiger partial charge in [0.25, 0.3) is 0 Å². The van der Waals surface area contributed by atoms with Crippen LogP contribution in [0.4, 0.5) is 4.39 Å². The molecule has 1 atom stereocenters. The molecular weight excluding hydrogens is 465 g/mol. The molecule has 4 N–H and O–H groups in total. The lowest BCUT2D eigenvalue weighted by molar-refractivity contribution is 0.376. The smallest absolute Gasteiger partial charge is 0.138 e. The summed E-state index contributed by atoms with van der Waals surface area (Å²) in [7, 11) is 3.90. The number of halogens is 1. The molecule has 0 fully saturated rings. The van der Waals surface area contributed by atoms with E-state index in [0.29, 0.717) is 12.2 Å². The Labute approximate surface area is 213 Å². The van der Waals surface area contributed by atoms with E-state index >= 15 is 0 Å². The second-order valence-electron chi connectivity index (χ2n) is 9.49. The van der Waals surface area contributed by atoms with Crippen molar-refractivity contribution in [2.45, 2.75) is 6.04 Å². The minimum absolute atomic E-state index is 0.299. The van der Waals surface area contributed by atoms with Gasteiger partial charge in [0.05, 0.1) is 16.9 Å². The lowest BCUT2D eigenvalue weighted by Crippen LogP contribution is -2.26. The molecule has 0 aliphatic rings. The number of aromatic amines is 2. The van der Waals surface area contributed by atoms with E-state index in [-0.39, 0.29) is 11.9 Å². The fraction of sp³-hybridized carbons (Fsp3) is 0.138. The fourth-order valence-corrected chi connectivity index (χ4v) is 4.80. The average Bonchev–Trinajstić information content (AvgIpc) is 3.52. The first-order chi connectivity index (χ1) is 18.0. The molecule has 7 nitrogen and oxygen atoms in total. The summed E-state index contributed by atoms with van der Waals surface area (Å²) >= 11 is 0. The van der Waals surface area contributed by atoms with Gasteiger partial charge < -0.3 is 15.6 Å². The standard InChI is InChI=1S/C29H26FN7/c1-37(2)16-24(31)19-11-18(12-20(30)13-19)21-8-10-33-29-22(21)15-27(34-29)28-23-14-17(6-7-26(23)35-36-28)25-5-3-4-9-32-25/h3-15,24H,16,31H2,1-2H3,(H,33,34)(H,35,36). The first kappa shape index (κ1) is 23.0. The summed E-state index contributed by atoms with van der Waals surface area (Å²) < 4.78 is 14.7. The minimum atomic E-state index is -0.317. The number of nitrogens with one attached hydrogen (secondary N) is 2. The summed E-state index contributed by atoms with van der Waals surface area (Å²) in [6, 6.07) is 20.6. The SMILES string of the molecule is CN(C)CC(N)c1cc(F)cc(-c2ccnc3[nH]c(-c4n[nH]c5ccc(-c6ccccn6)cc45)cc23)c1. The van der Waals surface area contributed by atoms with Crippen molar-refractivity contribution in [3.05, 3.63) is 90.5 Å². The predicted molar refractivity (Wildman–Crippen MR) is 145 cm³/mol. The summed E-state index contributed by atoms with van der Waals surface area (Å²) in [5.74, 6) is -0.317. The lowest BCUT2D eigenvalue weighted by atomic mass is 9.98. The van der Waals surface area contributed by atoms with E-state index < -0.39 is 0 Å². The van der Waals surface area contributed by atoms with Gasteiger partial charge in [-0.15, -0.1) is 0 Å². The van der Waals surface area contributed by atoms with Crippen molar-refractivity contribution < 1.29 is 4.39 Å². The van der Waals surface area contributed by atoms with Crippen LogP contribution in [-0.2, 0) is 0 Å². The molecule has 1 unspecified atom stereocenters.